The molecule has 1 aromatic carbocycles. The standard InChI is InChI=1S/C11H15NO2/c1-12(11(13)14-2)9-8-10-6-4-3-5-7-10/h3-7H,8-9H2,1-2H3. The fourth-order valence-corrected chi connectivity index (χ4v) is 1.19. The molecule has 14 heavy (non-hydrogen) atoms. The summed E-state index contributed by atoms with van der Waals surface area (Å²) in [6, 6.07) is 10.1. The van der Waals surface area contributed by atoms with Crippen LogP contribution in [0, 0.1) is 0 Å². The SMILES string of the molecule is COC(=O)N(C)CCc1ccccc1. The molecule has 0 aliphatic heterocycles. The molecule has 0 N–H and O–H groups in total. The molecule has 0 aliphatic rings. The Morgan fingerprint density at radius 2 is 2.00 bits per heavy atom. The Hall–Kier alpha value is -1.51. The highest BCUT2D eigenvalue weighted by Gasteiger charge is 2.06. The van der Waals surface area contributed by atoms with Crippen molar-refractivity contribution in [3.8, 4) is 0 Å². The third kappa shape index (κ3) is 3.09. The van der Waals surface area contributed by atoms with Crippen molar-refractivity contribution in [2.75, 3.05) is 20.7 Å². The van der Waals surface area contributed by atoms with Gasteiger partial charge in [0.15, 0.2) is 0 Å². The van der Waals surface area contributed by atoms with E-state index in [1.54, 1.807) is 11.9 Å². The zero-order valence-corrected chi connectivity index (χ0v) is 8.56. The number of ether oxygens (including phenoxy) is 1. The smallest absolute Gasteiger partial charge is 0.409 e. The molecule has 0 saturated heterocycles. The monoisotopic (exact) mass is 193 g/mol. The molecule has 0 aromatic heterocycles. The molecule has 0 radical (unpaired) electrons. The molecule has 3 nitrogen and oxygen atoms in total. The minimum absolute atomic E-state index is 0.291. The minimum Gasteiger partial charge on any atom is -0.453 e. The van der Waals surface area contributed by atoms with E-state index in [1.807, 2.05) is 30.3 Å². The van der Waals surface area contributed by atoms with E-state index in [9.17, 15) is 4.79 Å². The van der Waals surface area contributed by atoms with Crippen LogP contribution in [0.1, 0.15) is 5.56 Å². The maximum atomic E-state index is 11.0. The molecule has 0 atom stereocenters. The van der Waals surface area contributed by atoms with Gasteiger partial charge in [-0.1, -0.05) is 30.3 Å². The summed E-state index contributed by atoms with van der Waals surface area (Å²) in [6.07, 6.45) is 0.563. The molecule has 1 aromatic rings. The molecule has 1 rings (SSSR count). The highest BCUT2D eigenvalue weighted by molar-refractivity contribution is 5.66. The number of carbonyl (C=O) groups is 1. The average molecular weight is 193 g/mol. The van der Waals surface area contributed by atoms with Gasteiger partial charge < -0.3 is 9.64 Å². The second kappa shape index (κ2) is 5.27. The lowest BCUT2D eigenvalue weighted by atomic mass is 10.1. The summed E-state index contributed by atoms with van der Waals surface area (Å²) in [6.45, 7) is 0.677. The van der Waals surface area contributed by atoms with E-state index in [1.165, 1.54) is 12.7 Å². The summed E-state index contributed by atoms with van der Waals surface area (Å²) in [4.78, 5) is 12.6. The van der Waals surface area contributed by atoms with Crippen molar-refractivity contribution in [2.24, 2.45) is 0 Å². The van der Waals surface area contributed by atoms with Gasteiger partial charge in [-0.05, 0) is 12.0 Å². The molecule has 0 saturated carbocycles. The molecular weight excluding hydrogens is 178 g/mol. The van der Waals surface area contributed by atoms with Gasteiger partial charge in [-0.15, -0.1) is 0 Å². The number of benzene rings is 1. The molecular formula is C11H15NO2. The molecule has 0 unspecified atom stereocenters. The van der Waals surface area contributed by atoms with E-state index in [2.05, 4.69) is 4.74 Å². The lowest BCUT2D eigenvalue weighted by molar-refractivity contribution is 0.134. The van der Waals surface area contributed by atoms with Gasteiger partial charge in [-0.3, -0.25) is 0 Å². The first kappa shape index (κ1) is 10.6. The second-order valence-electron chi connectivity index (χ2n) is 3.13. The first-order chi connectivity index (χ1) is 6.74. The topological polar surface area (TPSA) is 29.5 Å². The van der Waals surface area contributed by atoms with Gasteiger partial charge in [0.05, 0.1) is 7.11 Å². The van der Waals surface area contributed by atoms with Gasteiger partial charge in [0, 0.05) is 13.6 Å². The van der Waals surface area contributed by atoms with E-state index in [4.69, 9.17) is 0 Å². The molecule has 0 heterocycles. The van der Waals surface area contributed by atoms with Crippen molar-refractivity contribution in [3.05, 3.63) is 35.9 Å². The predicted octanol–water partition coefficient (Wildman–Crippen LogP) is 1.93. The molecule has 0 spiro atoms. The number of methoxy groups -OCH3 is 1. The molecule has 0 aliphatic carbocycles. The highest BCUT2D eigenvalue weighted by Crippen LogP contribution is 2.00. The second-order valence-corrected chi connectivity index (χ2v) is 3.13. The summed E-state index contributed by atoms with van der Waals surface area (Å²) < 4.78 is 4.59. The number of hydrogen-bond acceptors (Lipinski definition) is 2. The van der Waals surface area contributed by atoms with Crippen molar-refractivity contribution >= 4 is 6.09 Å². The van der Waals surface area contributed by atoms with Crippen molar-refractivity contribution in [3.63, 3.8) is 0 Å². The fraction of sp³-hybridized carbons (Fsp3) is 0.364. The zero-order valence-electron chi connectivity index (χ0n) is 8.56. The van der Waals surface area contributed by atoms with E-state index in [-0.39, 0.29) is 6.09 Å². The van der Waals surface area contributed by atoms with Crippen molar-refractivity contribution in [2.45, 2.75) is 6.42 Å². The van der Waals surface area contributed by atoms with E-state index in [0.717, 1.165) is 6.42 Å². The Bertz CT molecular complexity index is 285. The Morgan fingerprint density at radius 3 is 2.57 bits per heavy atom. The van der Waals surface area contributed by atoms with E-state index in [0.29, 0.717) is 6.54 Å². The highest BCUT2D eigenvalue weighted by atomic mass is 16.5. The largest absolute Gasteiger partial charge is 0.453 e. The first-order valence-corrected chi connectivity index (χ1v) is 4.57. The molecule has 1 amide bonds. The number of likely N-dealkylation sites (N-methyl/N-ethyl adjacent to an activating group) is 1. The number of hydrogen-bond donors (Lipinski definition) is 0. The van der Waals surface area contributed by atoms with Crippen LogP contribution < -0.4 is 0 Å². The van der Waals surface area contributed by atoms with Crippen LogP contribution in [0.15, 0.2) is 30.3 Å². The predicted molar refractivity (Wildman–Crippen MR) is 55.2 cm³/mol. The number of carbonyl (C=O) groups excluding carboxylic acids is 1. The fourth-order valence-electron chi connectivity index (χ4n) is 1.19. The number of amides is 1. The summed E-state index contributed by atoms with van der Waals surface area (Å²) in [7, 11) is 3.12. The van der Waals surface area contributed by atoms with Crippen molar-refractivity contribution < 1.29 is 9.53 Å². The van der Waals surface area contributed by atoms with Crippen molar-refractivity contribution in [1.82, 2.24) is 4.90 Å². The van der Waals surface area contributed by atoms with Gasteiger partial charge in [-0.25, -0.2) is 4.79 Å². The number of nitrogens with zero attached hydrogens (tertiary/aromatic N) is 1. The third-order valence-corrected chi connectivity index (χ3v) is 2.07. The quantitative estimate of drug-likeness (QED) is 0.734. The lowest BCUT2D eigenvalue weighted by Gasteiger charge is -2.14. The molecule has 0 bridgehead atoms. The summed E-state index contributed by atoms with van der Waals surface area (Å²) in [5, 5.41) is 0. The van der Waals surface area contributed by atoms with Crippen LogP contribution in [-0.2, 0) is 11.2 Å². The maximum Gasteiger partial charge on any atom is 0.409 e. The number of rotatable bonds is 3. The van der Waals surface area contributed by atoms with Crippen LogP contribution in [-0.4, -0.2) is 31.7 Å². The van der Waals surface area contributed by atoms with Gasteiger partial charge in [0.25, 0.3) is 0 Å². The third-order valence-electron chi connectivity index (χ3n) is 2.07. The molecule has 3 heteroatoms. The van der Waals surface area contributed by atoms with Crippen LogP contribution in [0.2, 0.25) is 0 Å². The van der Waals surface area contributed by atoms with Gasteiger partial charge in [0.2, 0.25) is 0 Å². The Kier molecular flexibility index (Phi) is 3.98. The van der Waals surface area contributed by atoms with Gasteiger partial charge in [-0.2, -0.15) is 0 Å². The Labute approximate surface area is 84.3 Å². The summed E-state index contributed by atoms with van der Waals surface area (Å²) >= 11 is 0. The maximum absolute atomic E-state index is 11.0. The van der Waals surface area contributed by atoms with Crippen LogP contribution in [0.3, 0.4) is 0 Å². The molecule has 0 fully saturated rings. The van der Waals surface area contributed by atoms with Crippen LogP contribution in [0.5, 0.6) is 0 Å². The van der Waals surface area contributed by atoms with Crippen LogP contribution in [0.25, 0.3) is 0 Å². The first-order valence-electron chi connectivity index (χ1n) is 4.57. The summed E-state index contributed by atoms with van der Waals surface area (Å²) in [5.41, 5.74) is 1.23. The molecule has 76 valence electrons. The normalized spacial score (nSPS) is 9.57. The van der Waals surface area contributed by atoms with Crippen LogP contribution in [0.4, 0.5) is 4.79 Å². The van der Waals surface area contributed by atoms with E-state index >= 15 is 0 Å². The van der Waals surface area contributed by atoms with Gasteiger partial charge in [0.1, 0.15) is 0 Å². The Morgan fingerprint density at radius 1 is 1.36 bits per heavy atom. The average Bonchev–Trinajstić information content (AvgIpc) is 2.26. The van der Waals surface area contributed by atoms with E-state index < -0.39 is 0 Å². The minimum atomic E-state index is -0.291. The van der Waals surface area contributed by atoms with Gasteiger partial charge >= 0.3 is 6.09 Å². The van der Waals surface area contributed by atoms with Crippen LogP contribution >= 0.6 is 0 Å². The summed E-state index contributed by atoms with van der Waals surface area (Å²) in [5.74, 6) is 0. The Balaban J connectivity index is 2.38. The zero-order chi connectivity index (χ0) is 10.4. The van der Waals surface area contributed by atoms with Crippen molar-refractivity contribution in [1.29, 1.82) is 0 Å². The lowest BCUT2D eigenvalue weighted by Crippen LogP contribution is -2.28.